The maximum atomic E-state index is 5.33. The molecule has 1 aromatic rings. The molecular weight excluding hydrogens is 206 g/mol. The van der Waals surface area contributed by atoms with E-state index in [1.165, 1.54) is 24.1 Å². The van der Waals surface area contributed by atoms with Gasteiger partial charge in [0.25, 0.3) is 0 Å². The second-order valence-corrected chi connectivity index (χ2v) is 4.78. The number of aryl methyl sites for hydroxylation is 1. The summed E-state index contributed by atoms with van der Waals surface area (Å²) in [5, 5.41) is 0. The van der Waals surface area contributed by atoms with E-state index in [1.807, 2.05) is 14.1 Å². The normalized spacial score (nSPS) is 15.4. The second kappa shape index (κ2) is 4.41. The Bertz CT molecular complexity index is 409. The summed E-state index contributed by atoms with van der Waals surface area (Å²) in [5.74, 6) is 0.991. The average molecular weight is 223 g/mol. The van der Waals surface area contributed by atoms with Crippen LogP contribution in [0.2, 0.25) is 0 Å². The number of nitrogens with one attached hydrogen (secondary N) is 1. The van der Waals surface area contributed by atoms with Crippen LogP contribution >= 0.6 is 12.2 Å². The Morgan fingerprint density at radius 1 is 1.33 bits per heavy atom. The minimum atomic E-state index is 0.806. The molecule has 4 heteroatoms. The van der Waals surface area contributed by atoms with E-state index in [0.29, 0.717) is 0 Å². The molecular formula is C11H17N3S. The lowest BCUT2D eigenvalue weighted by Gasteiger charge is -2.17. The summed E-state index contributed by atoms with van der Waals surface area (Å²) >= 11 is 5.33. The van der Waals surface area contributed by atoms with Gasteiger partial charge in [0, 0.05) is 11.3 Å². The van der Waals surface area contributed by atoms with Crippen LogP contribution in [0.5, 0.6) is 0 Å². The Kier molecular flexibility index (Phi) is 3.17. The number of aromatic nitrogens is 2. The quantitative estimate of drug-likeness (QED) is 0.779. The predicted molar refractivity (Wildman–Crippen MR) is 63.5 cm³/mol. The summed E-state index contributed by atoms with van der Waals surface area (Å²) in [6, 6.07) is 0. The molecule has 0 radical (unpaired) electrons. The monoisotopic (exact) mass is 223 g/mol. The maximum Gasteiger partial charge on any atom is 0.133 e. The fourth-order valence-electron chi connectivity index (χ4n) is 2.05. The van der Waals surface area contributed by atoms with Crippen molar-refractivity contribution in [3.63, 3.8) is 0 Å². The standard InChI is InChI=1S/C11H17N3S/c1-14(2)7-10-12-9-6-4-3-5-8(9)11(15)13-10/h3-7H2,1-2H3,(H,12,13,15). The number of H-pyrrole nitrogens is 1. The van der Waals surface area contributed by atoms with Crippen LogP contribution in [-0.4, -0.2) is 29.0 Å². The van der Waals surface area contributed by atoms with Gasteiger partial charge in [-0.15, -0.1) is 0 Å². The molecule has 0 fully saturated rings. The van der Waals surface area contributed by atoms with Crippen LogP contribution in [0.4, 0.5) is 0 Å². The summed E-state index contributed by atoms with van der Waals surface area (Å²) < 4.78 is 0.806. The molecule has 0 aliphatic heterocycles. The fourth-order valence-corrected chi connectivity index (χ4v) is 2.38. The molecule has 15 heavy (non-hydrogen) atoms. The first-order valence-electron chi connectivity index (χ1n) is 5.42. The SMILES string of the molecule is CN(C)Cc1nc(=S)c2c([nH]1)CCCC2. The largest absolute Gasteiger partial charge is 0.346 e. The molecule has 0 bridgehead atoms. The van der Waals surface area contributed by atoms with Crippen molar-refractivity contribution in [2.75, 3.05) is 14.1 Å². The van der Waals surface area contributed by atoms with E-state index in [-0.39, 0.29) is 0 Å². The van der Waals surface area contributed by atoms with Gasteiger partial charge >= 0.3 is 0 Å². The summed E-state index contributed by atoms with van der Waals surface area (Å²) in [7, 11) is 4.08. The second-order valence-electron chi connectivity index (χ2n) is 4.39. The molecule has 1 heterocycles. The average Bonchev–Trinajstić information content (AvgIpc) is 2.16. The number of fused-ring (bicyclic) bond motifs is 1. The number of rotatable bonds is 2. The highest BCUT2D eigenvalue weighted by molar-refractivity contribution is 7.71. The predicted octanol–water partition coefficient (Wildman–Crippen LogP) is 2.08. The first-order valence-corrected chi connectivity index (χ1v) is 5.83. The summed E-state index contributed by atoms with van der Waals surface area (Å²) in [6.45, 7) is 0.830. The van der Waals surface area contributed by atoms with E-state index >= 15 is 0 Å². The van der Waals surface area contributed by atoms with Gasteiger partial charge < -0.3 is 9.88 Å². The smallest absolute Gasteiger partial charge is 0.133 e. The van der Waals surface area contributed by atoms with Crippen molar-refractivity contribution in [3.8, 4) is 0 Å². The van der Waals surface area contributed by atoms with Gasteiger partial charge in [-0.25, -0.2) is 4.98 Å². The maximum absolute atomic E-state index is 5.33. The molecule has 0 unspecified atom stereocenters. The third kappa shape index (κ3) is 2.44. The topological polar surface area (TPSA) is 31.9 Å². The Hall–Kier alpha value is -0.740. The molecule has 0 atom stereocenters. The zero-order valence-corrected chi connectivity index (χ0v) is 10.2. The third-order valence-electron chi connectivity index (χ3n) is 2.72. The first kappa shape index (κ1) is 10.8. The van der Waals surface area contributed by atoms with E-state index in [9.17, 15) is 0 Å². The molecule has 0 amide bonds. The molecule has 0 aromatic carbocycles. The van der Waals surface area contributed by atoms with Crippen LogP contribution in [0, 0.1) is 4.64 Å². The van der Waals surface area contributed by atoms with Crippen molar-refractivity contribution in [1.29, 1.82) is 0 Å². The van der Waals surface area contributed by atoms with Gasteiger partial charge in [-0.2, -0.15) is 0 Å². The highest BCUT2D eigenvalue weighted by Gasteiger charge is 2.13. The molecule has 1 aromatic heterocycles. The van der Waals surface area contributed by atoms with Crippen molar-refractivity contribution < 1.29 is 0 Å². The zero-order valence-electron chi connectivity index (χ0n) is 9.34. The van der Waals surface area contributed by atoms with E-state index < -0.39 is 0 Å². The molecule has 1 aliphatic rings. The van der Waals surface area contributed by atoms with E-state index in [0.717, 1.165) is 29.9 Å². The summed E-state index contributed by atoms with van der Waals surface area (Å²) in [5.41, 5.74) is 2.59. The first-order chi connectivity index (χ1) is 7.16. The lowest BCUT2D eigenvalue weighted by atomic mass is 9.97. The van der Waals surface area contributed by atoms with E-state index in [4.69, 9.17) is 12.2 Å². The van der Waals surface area contributed by atoms with Gasteiger partial charge in [0.2, 0.25) is 0 Å². The number of nitrogens with zero attached hydrogens (tertiary/aromatic N) is 2. The lowest BCUT2D eigenvalue weighted by molar-refractivity contribution is 0.388. The fraction of sp³-hybridized carbons (Fsp3) is 0.636. The lowest BCUT2D eigenvalue weighted by Crippen LogP contribution is -2.16. The van der Waals surface area contributed by atoms with Gasteiger partial charge in [0.05, 0.1) is 6.54 Å². The Labute approximate surface area is 95.5 Å². The minimum absolute atomic E-state index is 0.806. The summed E-state index contributed by atoms with van der Waals surface area (Å²) in [6.07, 6.45) is 4.74. The third-order valence-corrected chi connectivity index (χ3v) is 3.06. The van der Waals surface area contributed by atoms with E-state index in [1.54, 1.807) is 0 Å². The Morgan fingerprint density at radius 2 is 2.07 bits per heavy atom. The highest BCUT2D eigenvalue weighted by atomic mass is 32.1. The number of aromatic amines is 1. The molecule has 0 saturated heterocycles. The van der Waals surface area contributed by atoms with Crippen LogP contribution in [0.1, 0.15) is 29.9 Å². The molecule has 0 saturated carbocycles. The van der Waals surface area contributed by atoms with Crippen molar-refractivity contribution in [2.45, 2.75) is 32.2 Å². The van der Waals surface area contributed by atoms with Crippen molar-refractivity contribution in [2.24, 2.45) is 0 Å². The molecule has 3 nitrogen and oxygen atoms in total. The molecule has 82 valence electrons. The van der Waals surface area contributed by atoms with Gasteiger partial charge in [0.1, 0.15) is 10.5 Å². The zero-order chi connectivity index (χ0) is 10.8. The molecule has 1 N–H and O–H groups in total. The van der Waals surface area contributed by atoms with Crippen molar-refractivity contribution >= 4 is 12.2 Å². The minimum Gasteiger partial charge on any atom is -0.346 e. The van der Waals surface area contributed by atoms with Crippen LogP contribution in [-0.2, 0) is 19.4 Å². The van der Waals surface area contributed by atoms with Crippen LogP contribution < -0.4 is 0 Å². The van der Waals surface area contributed by atoms with Gasteiger partial charge in [-0.1, -0.05) is 12.2 Å². The molecule has 2 rings (SSSR count). The van der Waals surface area contributed by atoms with Gasteiger partial charge in [-0.3, -0.25) is 0 Å². The molecule has 1 aliphatic carbocycles. The Morgan fingerprint density at radius 3 is 2.80 bits per heavy atom. The van der Waals surface area contributed by atoms with Crippen LogP contribution in [0.3, 0.4) is 0 Å². The Balaban J connectivity index is 2.36. The highest BCUT2D eigenvalue weighted by Crippen LogP contribution is 2.19. The van der Waals surface area contributed by atoms with Crippen LogP contribution in [0.15, 0.2) is 0 Å². The van der Waals surface area contributed by atoms with E-state index in [2.05, 4.69) is 14.9 Å². The van der Waals surface area contributed by atoms with Gasteiger partial charge in [-0.05, 0) is 39.8 Å². The van der Waals surface area contributed by atoms with Crippen molar-refractivity contribution in [3.05, 3.63) is 21.7 Å². The van der Waals surface area contributed by atoms with Crippen molar-refractivity contribution in [1.82, 2.24) is 14.9 Å². The summed E-state index contributed by atoms with van der Waals surface area (Å²) in [4.78, 5) is 9.96. The number of hydrogen-bond donors (Lipinski definition) is 1. The molecule has 0 spiro atoms. The van der Waals surface area contributed by atoms with Gasteiger partial charge in [0.15, 0.2) is 0 Å². The van der Waals surface area contributed by atoms with Crippen LogP contribution in [0.25, 0.3) is 0 Å². The number of hydrogen-bond acceptors (Lipinski definition) is 3.